The molecule has 2 aromatic carbocycles. The molecule has 0 aliphatic carbocycles. The Labute approximate surface area is 127 Å². The van der Waals surface area contributed by atoms with E-state index in [1.807, 2.05) is 42.5 Å². The predicted molar refractivity (Wildman–Crippen MR) is 82.3 cm³/mol. The minimum absolute atomic E-state index is 0.475. The van der Waals surface area contributed by atoms with Crippen LogP contribution in [0.1, 0.15) is 5.56 Å². The Hall–Kier alpha value is -2.27. The van der Waals surface area contributed by atoms with Gasteiger partial charge in [0.05, 0.1) is 12.7 Å². The molecule has 1 heterocycles. The summed E-state index contributed by atoms with van der Waals surface area (Å²) >= 11 is 1.52. The zero-order valence-electron chi connectivity index (χ0n) is 11.5. The molecule has 0 aliphatic heterocycles. The van der Waals surface area contributed by atoms with Gasteiger partial charge in [0.15, 0.2) is 0 Å². The fourth-order valence-corrected chi connectivity index (χ4v) is 2.64. The van der Waals surface area contributed by atoms with E-state index in [1.165, 1.54) is 17.3 Å². The normalized spacial score (nSPS) is 10.5. The monoisotopic (exact) mass is 298 g/mol. The van der Waals surface area contributed by atoms with Crippen molar-refractivity contribution < 1.29 is 9.15 Å². The van der Waals surface area contributed by atoms with E-state index in [0.717, 1.165) is 17.1 Å². The van der Waals surface area contributed by atoms with Gasteiger partial charge >= 0.3 is 0 Å². The quantitative estimate of drug-likeness (QED) is 0.665. The summed E-state index contributed by atoms with van der Waals surface area (Å²) in [7, 11) is 1.63. The van der Waals surface area contributed by atoms with Crippen LogP contribution in [-0.4, -0.2) is 17.3 Å². The molecule has 1 aromatic heterocycles. The number of benzene rings is 2. The summed E-state index contributed by atoms with van der Waals surface area (Å²) in [5.74, 6) is 2.00. The number of hydrogen-bond acceptors (Lipinski definition) is 5. The number of rotatable bonds is 5. The second kappa shape index (κ2) is 6.45. The number of methoxy groups -OCH3 is 1. The van der Waals surface area contributed by atoms with Gasteiger partial charge in [-0.3, -0.25) is 0 Å². The van der Waals surface area contributed by atoms with E-state index in [-0.39, 0.29) is 0 Å². The average molecular weight is 298 g/mol. The van der Waals surface area contributed by atoms with E-state index in [4.69, 9.17) is 9.15 Å². The zero-order chi connectivity index (χ0) is 14.5. The van der Waals surface area contributed by atoms with Gasteiger partial charge in [-0.2, -0.15) is 0 Å². The van der Waals surface area contributed by atoms with Crippen molar-refractivity contribution in [2.45, 2.75) is 11.0 Å². The van der Waals surface area contributed by atoms with E-state index in [0.29, 0.717) is 11.1 Å². The number of nitrogens with zero attached hydrogens (tertiary/aromatic N) is 2. The Balaban J connectivity index is 1.74. The highest BCUT2D eigenvalue weighted by Gasteiger charge is 2.13. The van der Waals surface area contributed by atoms with Crippen LogP contribution in [0.2, 0.25) is 0 Å². The number of aromatic nitrogens is 2. The van der Waals surface area contributed by atoms with Crippen LogP contribution in [-0.2, 0) is 5.75 Å². The molecule has 0 saturated heterocycles. The molecule has 0 aliphatic rings. The van der Waals surface area contributed by atoms with Gasteiger partial charge in [-0.1, -0.05) is 54.2 Å². The highest BCUT2D eigenvalue weighted by atomic mass is 32.2. The molecule has 0 bridgehead atoms. The fourth-order valence-electron chi connectivity index (χ4n) is 1.92. The molecule has 0 radical (unpaired) electrons. The van der Waals surface area contributed by atoms with Crippen LogP contribution in [0.4, 0.5) is 0 Å². The Morgan fingerprint density at radius 3 is 2.57 bits per heavy atom. The van der Waals surface area contributed by atoms with Crippen LogP contribution in [0, 0.1) is 0 Å². The molecule has 0 amide bonds. The van der Waals surface area contributed by atoms with Gasteiger partial charge in [-0.25, -0.2) is 0 Å². The van der Waals surface area contributed by atoms with Gasteiger partial charge in [0, 0.05) is 5.75 Å². The predicted octanol–water partition coefficient (Wildman–Crippen LogP) is 4.04. The first-order valence-electron chi connectivity index (χ1n) is 6.50. The number of para-hydroxylation sites is 1. The van der Waals surface area contributed by atoms with Crippen LogP contribution in [0.3, 0.4) is 0 Å². The summed E-state index contributed by atoms with van der Waals surface area (Å²) in [5, 5.41) is 8.72. The standard InChI is InChI=1S/C16H14N2O2S/c1-19-14-10-6-5-9-13(14)15-17-18-16(20-15)21-11-12-7-3-2-4-8-12/h2-10H,11H2,1H3. The molecule has 3 rings (SSSR count). The van der Waals surface area contributed by atoms with Gasteiger partial charge in [0.25, 0.3) is 11.1 Å². The first kappa shape index (κ1) is 13.7. The van der Waals surface area contributed by atoms with Crippen molar-refractivity contribution in [3.05, 3.63) is 60.2 Å². The number of thioether (sulfide) groups is 1. The molecular formula is C16H14N2O2S. The summed E-state index contributed by atoms with van der Waals surface area (Å²) in [5.41, 5.74) is 2.03. The third-order valence-electron chi connectivity index (χ3n) is 2.95. The van der Waals surface area contributed by atoms with Crippen molar-refractivity contribution in [3.63, 3.8) is 0 Å². The number of hydrogen-bond donors (Lipinski definition) is 0. The average Bonchev–Trinajstić information content (AvgIpc) is 3.02. The molecule has 0 saturated carbocycles. The second-order valence-electron chi connectivity index (χ2n) is 4.35. The molecule has 0 atom stereocenters. The first-order chi connectivity index (χ1) is 10.4. The minimum atomic E-state index is 0.475. The highest BCUT2D eigenvalue weighted by molar-refractivity contribution is 7.98. The van der Waals surface area contributed by atoms with Crippen molar-refractivity contribution in [2.24, 2.45) is 0 Å². The lowest BCUT2D eigenvalue weighted by Gasteiger charge is -2.03. The molecule has 106 valence electrons. The van der Waals surface area contributed by atoms with Gasteiger partial charge in [0.2, 0.25) is 0 Å². The highest BCUT2D eigenvalue weighted by Crippen LogP contribution is 2.31. The smallest absolute Gasteiger partial charge is 0.277 e. The Morgan fingerprint density at radius 1 is 1.00 bits per heavy atom. The molecule has 4 nitrogen and oxygen atoms in total. The Kier molecular flexibility index (Phi) is 4.21. The van der Waals surface area contributed by atoms with E-state index < -0.39 is 0 Å². The maximum Gasteiger partial charge on any atom is 0.277 e. The molecule has 0 spiro atoms. The van der Waals surface area contributed by atoms with Gasteiger partial charge in [-0.05, 0) is 17.7 Å². The first-order valence-corrected chi connectivity index (χ1v) is 7.49. The lowest BCUT2D eigenvalue weighted by atomic mass is 10.2. The summed E-state index contributed by atoms with van der Waals surface area (Å²) in [6.45, 7) is 0. The molecule has 0 unspecified atom stereocenters. The van der Waals surface area contributed by atoms with Gasteiger partial charge < -0.3 is 9.15 Å². The molecule has 3 aromatic rings. The molecule has 0 fully saturated rings. The molecular weight excluding hydrogens is 284 g/mol. The van der Waals surface area contributed by atoms with Crippen molar-refractivity contribution >= 4 is 11.8 Å². The molecule has 21 heavy (non-hydrogen) atoms. The maximum atomic E-state index is 5.69. The largest absolute Gasteiger partial charge is 0.496 e. The topological polar surface area (TPSA) is 48.2 Å². The van der Waals surface area contributed by atoms with E-state index >= 15 is 0 Å². The number of ether oxygens (including phenoxy) is 1. The second-order valence-corrected chi connectivity index (χ2v) is 5.27. The summed E-state index contributed by atoms with van der Waals surface area (Å²) in [6, 6.07) is 17.8. The van der Waals surface area contributed by atoms with Crippen LogP contribution in [0.5, 0.6) is 5.75 Å². The van der Waals surface area contributed by atoms with Crippen molar-refractivity contribution in [1.82, 2.24) is 10.2 Å². The molecule has 0 N–H and O–H groups in total. The van der Waals surface area contributed by atoms with Gasteiger partial charge in [0.1, 0.15) is 5.75 Å². The Morgan fingerprint density at radius 2 is 1.76 bits per heavy atom. The van der Waals surface area contributed by atoms with E-state index in [9.17, 15) is 0 Å². The minimum Gasteiger partial charge on any atom is -0.496 e. The van der Waals surface area contributed by atoms with E-state index in [1.54, 1.807) is 7.11 Å². The van der Waals surface area contributed by atoms with Crippen LogP contribution in [0.25, 0.3) is 11.5 Å². The third kappa shape index (κ3) is 3.25. The van der Waals surface area contributed by atoms with E-state index in [2.05, 4.69) is 22.3 Å². The SMILES string of the molecule is COc1ccccc1-c1nnc(SCc2ccccc2)o1. The van der Waals surface area contributed by atoms with Crippen molar-refractivity contribution in [3.8, 4) is 17.2 Å². The summed E-state index contributed by atoms with van der Waals surface area (Å²) < 4.78 is 11.0. The molecule has 5 heteroatoms. The summed E-state index contributed by atoms with van der Waals surface area (Å²) in [4.78, 5) is 0. The van der Waals surface area contributed by atoms with Crippen molar-refractivity contribution in [1.29, 1.82) is 0 Å². The fraction of sp³-hybridized carbons (Fsp3) is 0.125. The Bertz CT molecular complexity index is 713. The van der Waals surface area contributed by atoms with Crippen molar-refractivity contribution in [2.75, 3.05) is 7.11 Å². The lowest BCUT2D eigenvalue weighted by Crippen LogP contribution is -1.87. The lowest BCUT2D eigenvalue weighted by molar-refractivity contribution is 0.411. The zero-order valence-corrected chi connectivity index (χ0v) is 12.3. The third-order valence-corrected chi connectivity index (χ3v) is 3.84. The van der Waals surface area contributed by atoms with Crippen LogP contribution in [0.15, 0.2) is 64.2 Å². The van der Waals surface area contributed by atoms with Gasteiger partial charge in [-0.15, -0.1) is 10.2 Å². The summed E-state index contributed by atoms with van der Waals surface area (Å²) in [6.07, 6.45) is 0. The maximum absolute atomic E-state index is 5.69. The van der Waals surface area contributed by atoms with Crippen LogP contribution < -0.4 is 4.74 Å². The van der Waals surface area contributed by atoms with Crippen LogP contribution >= 0.6 is 11.8 Å².